The van der Waals surface area contributed by atoms with E-state index in [1.165, 1.54) is 0 Å². The average Bonchev–Trinajstić information content (AvgIpc) is 3.31. The molecule has 0 bridgehead atoms. The van der Waals surface area contributed by atoms with Crippen LogP contribution < -0.4 is 15.8 Å². The van der Waals surface area contributed by atoms with Crippen molar-refractivity contribution in [1.82, 2.24) is 24.5 Å². The molecule has 1 aliphatic heterocycles. The number of likely N-dealkylation sites (tertiary alicyclic amines) is 1. The van der Waals surface area contributed by atoms with Crippen LogP contribution in [0.5, 0.6) is 6.01 Å². The molecule has 1 amide bonds. The molecule has 1 saturated carbocycles. The van der Waals surface area contributed by atoms with Gasteiger partial charge in [-0.25, -0.2) is 0 Å². The zero-order valence-electron chi connectivity index (χ0n) is 21.5. The first kappa shape index (κ1) is 24.5. The van der Waals surface area contributed by atoms with Crippen molar-refractivity contribution in [3.05, 3.63) is 41.6 Å². The minimum Gasteiger partial charge on any atom is -0.460 e. The molecule has 0 spiro atoms. The Bertz CT molecular complexity index is 1220. The van der Waals surface area contributed by atoms with E-state index >= 15 is 0 Å². The van der Waals surface area contributed by atoms with Crippen LogP contribution in [0, 0.1) is 0 Å². The summed E-state index contributed by atoms with van der Waals surface area (Å²) in [4.78, 5) is 24.4. The summed E-state index contributed by atoms with van der Waals surface area (Å²) in [7, 11) is 2.13. The van der Waals surface area contributed by atoms with E-state index in [0.29, 0.717) is 12.0 Å². The Balaban J connectivity index is 1.49. The van der Waals surface area contributed by atoms with E-state index in [1.54, 1.807) is 4.52 Å². The number of benzene rings is 1. The number of carbonyl (C=O) groups is 1. The minimum atomic E-state index is -0.615. The van der Waals surface area contributed by atoms with E-state index in [0.717, 1.165) is 80.5 Å². The normalized spacial score (nSPS) is 19.0. The van der Waals surface area contributed by atoms with Gasteiger partial charge >= 0.3 is 6.01 Å². The number of nitrogens with zero attached hydrogens (tertiary/aromatic N) is 5. The number of piperidine rings is 1. The predicted molar refractivity (Wildman–Crippen MR) is 140 cm³/mol. The van der Waals surface area contributed by atoms with Gasteiger partial charge in [0.15, 0.2) is 5.65 Å². The highest BCUT2D eigenvalue weighted by Gasteiger charge is 2.39. The summed E-state index contributed by atoms with van der Waals surface area (Å²) in [6, 6.07) is 8.33. The van der Waals surface area contributed by atoms with Crippen molar-refractivity contribution in [3.63, 3.8) is 0 Å². The van der Waals surface area contributed by atoms with Crippen LogP contribution >= 0.6 is 0 Å². The number of nitrogens with two attached hydrogens (primary N) is 1. The lowest BCUT2D eigenvalue weighted by atomic mass is 9.69. The standard InChI is InChI=1S/C27H37N7O2/c1-18(2)22-17-29-34-23(22)31-26(36-21-10-14-33(3)15-11-21)32-25(34)30-20-9-7-8-19(16-20)27(24(28)35)12-5-4-6-13-27/h7-9,16-18,21H,4-6,10-15H2,1-3H3,(H2,28,35)(H,30,31,32). The van der Waals surface area contributed by atoms with Gasteiger partial charge in [-0.2, -0.15) is 19.6 Å². The van der Waals surface area contributed by atoms with E-state index in [4.69, 9.17) is 20.4 Å². The van der Waals surface area contributed by atoms with Crippen LogP contribution in [0.25, 0.3) is 5.65 Å². The maximum atomic E-state index is 12.6. The molecule has 0 atom stereocenters. The molecule has 3 N–H and O–H groups in total. The van der Waals surface area contributed by atoms with Crippen LogP contribution in [0.2, 0.25) is 0 Å². The second-order valence-corrected chi connectivity index (χ2v) is 10.7. The van der Waals surface area contributed by atoms with Crippen molar-refractivity contribution < 1.29 is 9.53 Å². The van der Waals surface area contributed by atoms with E-state index in [2.05, 4.69) is 36.2 Å². The fraction of sp³-hybridized carbons (Fsp3) is 0.556. The number of amides is 1. The Morgan fingerprint density at radius 2 is 1.92 bits per heavy atom. The molecule has 3 heterocycles. The lowest BCUT2D eigenvalue weighted by Crippen LogP contribution is -2.42. The van der Waals surface area contributed by atoms with Crippen molar-refractivity contribution in [2.75, 3.05) is 25.5 Å². The lowest BCUT2D eigenvalue weighted by molar-refractivity contribution is -0.124. The number of hydrogen-bond donors (Lipinski definition) is 2. The first-order valence-corrected chi connectivity index (χ1v) is 13.1. The molecule has 1 saturated heterocycles. The van der Waals surface area contributed by atoms with Gasteiger partial charge in [-0.05, 0) is 56.3 Å². The average molecular weight is 492 g/mol. The van der Waals surface area contributed by atoms with Crippen LogP contribution in [0.1, 0.15) is 75.8 Å². The first-order valence-electron chi connectivity index (χ1n) is 13.1. The van der Waals surface area contributed by atoms with E-state index in [1.807, 2.05) is 30.5 Å². The summed E-state index contributed by atoms with van der Waals surface area (Å²) in [6.45, 7) is 6.24. The van der Waals surface area contributed by atoms with Gasteiger partial charge in [0.1, 0.15) is 6.10 Å². The number of primary amides is 1. The largest absolute Gasteiger partial charge is 0.460 e. The number of ether oxygens (including phenoxy) is 1. The summed E-state index contributed by atoms with van der Waals surface area (Å²) >= 11 is 0. The van der Waals surface area contributed by atoms with Crippen molar-refractivity contribution >= 4 is 23.2 Å². The van der Waals surface area contributed by atoms with E-state index in [9.17, 15) is 4.79 Å². The Morgan fingerprint density at radius 3 is 2.61 bits per heavy atom. The molecule has 0 unspecified atom stereocenters. The number of carbonyl (C=O) groups excluding carboxylic acids is 1. The number of aromatic nitrogens is 4. The second kappa shape index (κ2) is 10.0. The molecular weight excluding hydrogens is 454 g/mol. The maximum Gasteiger partial charge on any atom is 0.322 e. The SMILES string of the molecule is CC(C)c1cnn2c(Nc3cccc(C4(C(N)=O)CCCCC4)c3)nc(OC3CCN(C)CC3)nc12. The number of rotatable bonds is 7. The molecule has 3 aromatic rings. The minimum absolute atomic E-state index is 0.0898. The van der Waals surface area contributed by atoms with Gasteiger partial charge in [-0.1, -0.05) is 45.2 Å². The highest BCUT2D eigenvalue weighted by atomic mass is 16.5. The third-order valence-corrected chi connectivity index (χ3v) is 7.78. The third-order valence-electron chi connectivity index (χ3n) is 7.78. The number of anilines is 2. The van der Waals surface area contributed by atoms with E-state index in [-0.39, 0.29) is 17.9 Å². The van der Waals surface area contributed by atoms with Gasteiger partial charge in [0.2, 0.25) is 11.9 Å². The van der Waals surface area contributed by atoms with E-state index < -0.39 is 5.41 Å². The van der Waals surface area contributed by atoms with Gasteiger partial charge in [-0.3, -0.25) is 4.79 Å². The van der Waals surface area contributed by atoms with Crippen molar-refractivity contribution in [1.29, 1.82) is 0 Å². The van der Waals surface area contributed by atoms with Crippen LogP contribution in [0.3, 0.4) is 0 Å². The van der Waals surface area contributed by atoms with Crippen molar-refractivity contribution in [2.45, 2.75) is 76.2 Å². The molecule has 1 aromatic carbocycles. The molecule has 1 aliphatic carbocycles. The Hall–Kier alpha value is -3.20. The fourth-order valence-corrected chi connectivity index (χ4v) is 5.52. The summed E-state index contributed by atoms with van der Waals surface area (Å²) in [5.74, 6) is 0.543. The molecule has 9 heteroatoms. The monoisotopic (exact) mass is 491 g/mol. The van der Waals surface area contributed by atoms with Gasteiger partial charge in [0.05, 0.1) is 11.6 Å². The van der Waals surface area contributed by atoms with Crippen molar-refractivity contribution in [2.24, 2.45) is 5.73 Å². The van der Waals surface area contributed by atoms with Gasteiger partial charge in [0, 0.05) is 24.3 Å². The number of hydrogen-bond acceptors (Lipinski definition) is 7. The molecule has 36 heavy (non-hydrogen) atoms. The van der Waals surface area contributed by atoms with Gasteiger partial charge in [-0.15, -0.1) is 0 Å². The van der Waals surface area contributed by atoms with Crippen molar-refractivity contribution in [3.8, 4) is 6.01 Å². The Kier molecular flexibility index (Phi) is 6.83. The quantitative estimate of drug-likeness (QED) is 0.511. The molecule has 2 aromatic heterocycles. The highest BCUT2D eigenvalue weighted by molar-refractivity contribution is 5.87. The second-order valence-electron chi connectivity index (χ2n) is 10.7. The number of fused-ring (bicyclic) bond motifs is 1. The molecular formula is C27H37N7O2. The predicted octanol–water partition coefficient (Wildman–Crippen LogP) is 4.15. The Morgan fingerprint density at radius 1 is 1.17 bits per heavy atom. The van der Waals surface area contributed by atoms with Gasteiger partial charge in [0.25, 0.3) is 0 Å². The van der Waals surface area contributed by atoms with Crippen LogP contribution in [-0.4, -0.2) is 56.6 Å². The highest BCUT2D eigenvalue weighted by Crippen LogP contribution is 2.40. The van der Waals surface area contributed by atoms with Crippen LogP contribution in [0.4, 0.5) is 11.6 Å². The molecule has 2 aliphatic rings. The maximum absolute atomic E-state index is 12.6. The smallest absolute Gasteiger partial charge is 0.322 e. The zero-order valence-corrected chi connectivity index (χ0v) is 21.5. The molecule has 2 fully saturated rings. The Labute approximate surface area is 212 Å². The summed E-state index contributed by atoms with van der Waals surface area (Å²) in [6.07, 6.45) is 8.56. The molecule has 192 valence electrons. The topological polar surface area (TPSA) is 111 Å². The third kappa shape index (κ3) is 4.76. The summed E-state index contributed by atoms with van der Waals surface area (Å²) in [5, 5.41) is 8.01. The summed E-state index contributed by atoms with van der Waals surface area (Å²) < 4.78 is 8.00. The molecule has 5 rings (SSSR count). The van der Waals surface area contributed by atoms with Gasteiger partial charge < -0.3 is 20.7 Å². The molecule has 0 radical (unpaired) electrons. The zero-order chi connectivity index (χ0) is 25.3. The molecule has 9 nitrogen and oxygen atoms in total. The van der Waals surface area contributed by atoms with Crippen LogP contribution in [0.15, 0.2) is 30.5 Å². The lowest BCUT2D eigenvalue weighted by Gasteiger charge is -2.35. The first-order chi connectivity index (χ1) is 17.4. The van der Waals surface area contributed by atoms with Crippen LogP contribution in [-0.2, 0) is 10.2 Å². The fourth-order valence-electron chi connectivity index (χ4n) is 5.52. The number of nitrogens with one attached hydrogen (secondary N) is 1. The summed E-state index contributed by atoms with van der Waals surface area (Å²) in [5.41, 5.74) is 8.89.